The highest BCUT2D eigenvalue weighted by atomic mass is 19.1. The molecule has 3 aromatic rings. The summed E-state index contributed by atoms with van der Waals surface area (Å²) in [6.07, 6.45) is 1.64. The van der Waals surface area contributed by atoms with Crippen LogP contribution < -0.4 is 10.5 Å². The van der Waals surface area contributed by atoms with Gasteiger partial charge in [0.25, 0.3) is 0 Å². The first kappa shape index (κ1) is 11.5. The van der Waals surface area contributed by atoms with Gasteiger partial charge in [-0.25, -0.2) is 9.37 Å². The number of anilines is 1. The monoisotopic (exact) mass is 257 g/mol. The van der Waals surface area contributed by atoms with Crippen LogP contribution in [0.3, 0.4) is 0 Å². The Hall–Kier alpha value is -2.56. The Labute approximate surface area is 109 Å². The van der Waals surface area contributed by atoms with Crippen LogP contribution in [0.1, 0.15) is 0 Å². The number of halogens is 1. The number of rotatable bonds is 2. The van der Waals surface area contributed by atoms with Crippen molar-refractivity contribution < 1.29 is 9.13 Å². The fraction of sp³-hybridized carbons (Fsp3) is 0.0714. The summed E-state index contributed by atoms with van der Waals surface area (Å²) in [6, 6.07) is 10.2. The number of methoxy groups -OCH3 is 1. The molecular formula is C14H12FN3O. The SMILES string of the molecule is COc1ccc(-n2cnc3cc(N)ccc32)cc1F. The van der Waals surface area contributed by atoms with Crippen molar-refractivity contribution in [2.24, 2.45) is 0 Å². The zero-order valence-corrected chi connectivity index (χ0v) is 10.3. The third kappa shape index (κ3) is 1.89. The van der Waals surface area contributed by atoms with E-state index in [-0.39, 0.29) is 5.75 Å². The zero-order valence-electron chi connectivity index (χ0n) is 10.3. The number of nitrogens with zero attached hydrogens (tertiary/aromatic N) is 2. The van der Waals surface area contributed by atoms with Crippen molar-refractivity contribution in [3.8, 4) is 11.4 Å². The van der Waals surface area contributed by atoms with E-state index in [1.54, 1.807) is 35.2 Å². The van der Waals surface area contributed by atoms with E-state index in [9.17, 15) is 4.39 Å². The maximum absolute atomic E-state index is 13.7. The lowest BCUT2D eigenvalue weighted by Gasteiger charge is -2.07. The average Bonchev–Trinajstić information content (AvgIpc) is 2.81. The molecule has 0 radical (unpaired) electrons. The Morgan fingerprint density at radius 2 is 2.05 bits per heavy atom. The lowest BCUT2D eigenvalue weighted by Crippen LogP contribution is -1.95. The maximum Gasteiger partial charge on any atom is 0.167 e. The van der Waals surface area contributed by atoms with Crippen LogP contribution in [-0.4, -0.2) is 16.7 Å². The van der Waals surface area contributed by atoms with E-state index >= 15 is 0 Å². The van der Waals surface area contributed by atoms with Gasteiger partial charge in [0.15, 0.2) is 11.6 Å². The largest absolute Gasteiger partial charge is 0.494 e. The summed E-state index contributed by atoms with van der Waals surface area (Å²) >= 11 is 0. The molecule has 0 aliphatic heterocycles. The fourth-order valence-corrected chi connectivity index (χ4v) is 2.04. The highest BCUT2D eigenvalue weighted by Crippen LogP contribution is 2.24. The van der Waals surface area contributed by atoms with Crippen molar-refractivity contribution >= 4 is 16.7 Å². The van der Waals surface area contributed by atoms with Crippen molar-refractivity contribution in [2.45, 2.75) is 0 Å². The molecule has 0 fully saturated rings. The van der Waals surface area contributed by atoms with Crippen LogP contribution in [0.25, 0.3) is 16.7 Å². The topological polar surface area (TPSA) is 53.1 Å². The molecule has 3 rings (SSSR count). The van der Waals surface area contributed by atoms with Crippen molar-refractivity contribution in [1.82, 2.24) is 9.55 Å². The highest BCUT2D eigenvalue weighted by molar-refractivity contribution is 5.80. The van der Waals surface area contributed by atoms with E-state index in [1.807, 2.05) is 6.07 Å². The van der Waals surface area contributed by atoms with Crippen LogP contribution in [0.15, 0.2) is 42.7 Å². The molecule has 0 unspecified atom stereocenters. The number of nitrogen functional groups attached to an aromatic ring is 1. The van der Waals surface area contributed by atoms with Gasteiger partial charge in [-0.15, -0.1) is 0 Å². The van der Waals surface area contributed by atoms with Crippen molar-refractivity contribution in [2.75, 3.05) is 12.8 Å². The second-order valence-corrected chi connectivity index (χ2v) is 4.18. The van der Waals surface area contributed by atoms with Crippen LogP contribution in [0.2, 0.25) is 0 Å². The predicted molar refractivity (Wildman–Crippen MR) is 72.0 cm³/mol. The minimum Gasteiger partial charge on any atom is -0.494 e. The second kappa shape index (κ2) is 4.28. The van der Waals surface area contributed by atoms with Gasteiger partial charge in [-0.1, -0.05) is 0 Å². The summed E-state index contributed by atoms with van der Waals surface area (Å²) in [7, 11) is 1.44. The molecule has 0 spiro atoms. The van der Waals surface area contributed by atoms with E-state index in [0.717, 1.165) is 11.0 Å². The molecule has 4 nitrogen and oxygen atoms in total. The molecule has 0 bridgehead atoms. The molecule has 96 valence electrons. The Kier molecular flexibility index (Phi) is 2.59. The van der Waals surface area contributed by atoms with Crippen LogP contribution in [-0.2, 0) is 0 Å². The van der Waals surface area contributed by atoms with Crippen molar-refractivity contribution in [3.63, 3.8) is 0 Å². The molecule has 19 heavy (non-hydrogen) atoms. The van der Waals surface area contributed by atoms with Gasteiger partial charge >= 0.3 is 0 Å². The van der Waals surface area contributed by atoms with E-state index in [1.165, 1.54) is 13.2 Å². The summed E-state index contributed by atoms with van der Waals surface area (Å²) in [5.41, 5.74) is 8.69. The quantitative estimate of drug-likeness (QED) is 0.718. The second-order valence-electron chi connectivity index (χ2n) is 4.18. The van der Waals surface area contributed by atoms with Gasteiger partial charge in [0.2, 0.25) is 0 Å². The van der Waals surface area contributed by atoms with Crippen LogP contribution in [0.5, 0.6) is 5.75 Å². The molecule has 2 N–H and O–H groups in total. The molecule has 0 aliphatic carbocycles. The number of imidazole rings is 1. The summed E-state index contributed by atoms with van der Waals surface area (Å²) in [5, 5.41) is 0. The van der Waals surface area contributed by atoms with Gasteiger partial charge in [-0.05, 0) is 30.3 Å². The molecule has 0 atom stereocenters. The normalized spacial score (nSPS) is 10.8. The minimum absolute atomic E-state index is 0.220. The molecule has 0 saturated carbocycles. The molecule has 2 aromatic carbocycles. The fourth-order valence-electron chi connectivity index (χ4n) is 2.04. The number of benzene rings is 2. The molecule has 5 heteroatoms. The van der Waals surface area contributed by atoms with Gasteiger partial charge < -0.3 is 10.5 Å². The van der Waals surface area contributed by atoms with Gasteiger partial charge in [0.1, 0.15) is 6.33 Å². The summed E-state index contributed by atoms with van der Waals surface area (Å²) < 4.78 is 20.4. The summed E-state index contributed by atoms with van der Waals surface area (Å²) in [5.74, 6) is -0.185. The first-order valence-corrected chi connectivity index (χ1v) is 5.75. The first-order valence-electron chi connectivity index (χ1n) is 5.75. The zero-order chi connectivity index (χ0) is 13.4. The van der Waals surface area contributed by atoms with Gasteiger partial charge in [-0.2, -0.15) is 0 Å². The summed E-state index contributed by atoms with van der Waals surface area (Å²) in [6.45, 7) is 0. The van der Waals surface area contributed by atoms with E-state index in [0.29, 0.717) is 11.4 Å². The number of nitrogens with two attached hydrogens (primary N) is 1. The van der Waals surface area contributed by atoms with Crippen molar-refractivity contribution in [1.29, 1.82) is 0 Å². The van der Waals surface area contributed by atoms with Gasteiger partial charge in [-0.3, -0.25) is 4.57 Å². The molecule has 1 aromatic heterocycles. The number of hydrogen-bond acceptors (Lipinski definition) is 3. The molecule has 0 amide bonds. The van der Waals surface area contributed by atoms with E-state index in [2.05, 4.69) is 4.98 Å². The number of fused-ring (bicyclic) bond motifs is 1. The first-order chi connectivity index (χ1) is 9.19. The smallest absolute Gasteiger partial charge is 0.167 e. The molecular weight excluding hydrogens is 245 g/mol. The van der Waals surface area contributed by atoms with E-state index < -0.39 is 5.82 Å². The standard InChI is InChI=1S/C14H12FN3O/c1-19-14-5-3-10(7-11(14)15)18-8-17-12-6-9(16)2-4-13(12)18/h2-8H,16H2,1H3. The Morgan fingerprint density at radius 1 is 1.21 bits per heavy atom. The lowest BCUT2D eigenvalue weighted by molar-refractivity contribution is 0.386. The van der Waals surface area contributed by atoms with Crippen LogP contribution in [0, 0.1) is 5.82 Å². The Balaban J connectivity index is 2.16. The maximum atomic E-state index is 13.7. The molecule has 0 aliphatic rings. The number of aromatic nitrogens is 2. The lowest BCUT2D eigenvalue weighted by atomic mass is 10.2. The number of hydrogen-bond donors (Lipinski definition) is 1. The van der Waals surface area contributed by atoms with Crippen LogP contribution >= 0.6 is 0 Å². The van der Waals surface area contributed by atoms with E-state index in [4.69, 9.17) is 10.5 Å². The van der Waals surface area contributed by atoms with Gasteiger partial charge in [0.05, 0.1) is 23.8 Å². The molecule has 1 heterocycles. The third-order valence-electron chi connectivity index (χ3n) is 2.98. The Bertz CT molecular complexity index is 752. The Morgan fingerprint density at radius 3 is 2.79 bits per heavy atom. The predicted octanol–water partition coefficient (Wildman–Crippen LogP) is 2.76. The average molecular weight is 257 g/mol. The minimum atomic E-state index is -0.405. The third-order valence-corrected chi connectivity index (χ3v) is 2.98. The molecule has 0 saturated heterocycles. The van der Waals surface area contributed by atoms with Crippen molar-refractivity contribution in [3.05, 3.63) is 48.5 Å². The summed E-state index contributed by atoms with van der Waals surface area (Å²) in [4.78, 5) is 4.26. The van der Waals surface area contributed by atoms with Gasteiger partial charge in [0, 0.05) is 11.8 Å². The van der Waals surface area contributed by atoms with Crippen LogP contribution in [0.4, 0.5) is 10.1 Å². The number of ether oxygens (including phenoxy) is 1. The highest BCUT2D eigenvalue weighted by Gasteiger charge is 2.08.